The summed E-state index contributed by atoms with van der Waals surface area (Å²) in [5.41, 5.74) is 6.12. The largest absolute Gasteiger partial charge is 0.326 e. The number of hydrogen-bond acceptors (Lipinski definition) is 3. The van der Waals surface area contributed by atoms with Gasteiger partial charge in [-0.25, -0.2) is 12.8 Å². The molecule has 0 aliphatic carbocycles. The first-order valence-corrected chi connectivity index (χ1v) is 8.27. The van der Waals surface area contributed by atoms with Crippen LogP contribution >= 0.6 is 0 Å². The lowest BCUT2D eigenvalue weighted by molar-refractivity contribution is 0.222. The topological polar surface area (TPSA) is 63.4 Å². The van der Waals surface area contributed by atoms with Crippen molar-refractivity contribution in [1.29, 1.82) is 0 Å². The third kappa shape index (κ3) is 3.02. The first-order chi connectivity index (χ1) is 9.34. The van der Waals surface area contributed by atoms with Gasteiger partial charge in [-0.2, -0.15) is 4.31 Å². The minimum Gasteiger partial charge on any atom is -0.326 e. The zero-order chi connectivity index (χ0) is 14.9. The van der Waals surface area contributed by atoms with Crippen LogP contribution in [0.25, 0.3) is 0 Å². The maximum atomic E-state index is 13.9. The molecule has 6 heteroatoms. The molecule has 112 valence electrons. The van der Waals surface area contributed by atoms with E-state index in [0.29, 0.717) is 18.7 Å². The monoisotopic (exact) mass is 300 g/mol. The molecule has 1 aromatic rings. The molecule has 0 aromatic heterocycles. The lowest BCUT2D eigenvalue weighted by Crippen LogP contribution is -2.42. The summed E-state index contributed by atoms with van der Waals surface area (Å²) < 4.78 is 40.5. The molecule has 2 N–H and O–H groups in total. The van der Waals surface area contributed by atoms with E-state index in [4.69, 9.17) is 5.73 Å². The summed E-state index contributed by atoms with van der Waals surface area (Å²) >= 11 is 0. The van der Waals surface area contributed by atoms with Gasteiger partial charge in [-0.1, -0.05) is 19.9 Å². The second-order valence-corrected chi connectivity index (χ2v) is 7.64. The molecule has 4 nitrogen and oxygen atoms in total. The molecule has 0 amide bonds. The summed E-state index contributed by atoms with van der Waals surface area (Å²) in [6.07, 6.45) is 0.997. The van der Waals surface area contributed by atoms with Crippen molar-refractivity contribution in [3.8, 4) is 0 Å². The SMILES string of the molecule is CC1CC(C)CN(S(=O)(=O)c2cc(CN)ccc2F)C1. The van der Waals surface area contributed by atoms with E-state index in [1.165, 1.54) is 22.5 Å². The molecule has 0 saturated carbocycles. The van der Waals surface area contributed by atoms with Crippen molar-refractivity contribution in [2.75, 3.05) is 13.1 Å². The fourth-order valence-electron chi connectivity index (χ4n) is 2.81. The summed E-state index contributed by atoms with van der Waals surface area (Å²) in [6, 6.07) is 4.02. The predicted molar refractivity (Wildman–Crippen MR) is 76.0 cm³/mol. The van der Waals surface area contributed by atoms with Gasteiger partial charge in [0.15, 0.2) is 0 Å². The van der Waals surface area contributed by atoms with Crippen LogP contribution in [0.1, 0.15) is 25.8 Å². The van der Waals surface area contributed by atoms with E-state index in [1.807, 2.05) is 13.8 Å². The van der Waals surface area contributed by atoms with Gasteiger partial charge in [-0.15, -0.1) is 0 Å². The highest BCUT2D eigenvalue weighted by atomic mass is 32.2. The van der Waals surface area contributed by atoms with Crippen LogP contribution < -0.4 is 5.73 Å². The van der Waals surface area contributed by atoms with Crippen molar-refractivity contribution < 1.29 is 12.8 Å². The summed E-state index contributed by atoms with van der Waals surface area (Å²) in [5.74, 6) is -0.142. The molecular formula is C14H21FN2O2S. The normalized spacial score (nSPS) is 24.8. The Morgan fingerprint density at radius 1 is 1.30 bits per heavy atom. The van der Waals surface area contributed by atoms with Crippen LogP contribution in [-0.2, 0) is 16.6 Å². The quantitative estimate of drug-likeness (QED) is 0.928. The van der Waals surface area contributed by atoms with Crippen molar-refractivity contribution in [1.82, 2.24) is 4.31 Å². The van der Waals surface area contributed by atoms with Gasteiger partial charge in [0.05, 0.1) is 0 Å². The molecular weight excluding hydrogens is 279 g/mol. The molecule has 20 heavy (non-hydrogen) atoms. The van der Waals surface area contributed by atoms with E-state index in [-0.39, 0.29) is 23.3 Å². The Labute approximate surface area is 119 Å². The predicted octanol–water partition coefficient (Wildman–Crippen LogP) is 1.95. The summed E-state index contributed by atoms with van der Waals surface area (Å²) in [7, 11) is -3.79. The third-order valence-corrected chi connectivity index (χ3v) is 5.53. The Hall–Kier alpha value is -0.980. The van der Waals surface area contributed by atoms with Crippen LogP contribution in [-0.4, -0.2) is 25.8 Å². The van der Waals surface area contributed by atoms with Crippen LogP contribution in [0.4, 0.5) is 4.39 Å². The summed E-state index contributed by atoms with van der Waals surface area (Å²) in [5, 5.41) is 0. The number of sulfonamides is 1. The van der Waals surface area contributed by atoms with Crippen LogP contribution in [0.2, 0.25) is 0 Å². The Morgan fingerprint density at radius 3 is 2.45 bits per heavy atom. The first kappa shape index (κ1) is 15.4. The minimum absolute atomic E-state index is 0.190. The molecule has 1 aliphatic heterocycles. The highest BCUT2D eigenvalue weighted by Gasteiger charge is 2.33. The zero-order valence-corrected chi connectivity index (χ0v) is 12.7. The lowest BCUT2D eigenvalue weighted by Gasteiger charge is -2.34. The number of piperidine rings is 1. The average Bonchev–Trinajstić information content (AvgIpc) is 2.38. The van der Waals surface area contributed by atoms with Gasteiger partial charge in [-0.3, -0.25) is 0 Å². The second-order valence-electron chi connectivity index (χ2n) is 5.74. The Morgan fingerprint density at radius 2 is 1.90 bits per heavy atom. The van der Waals surface area contributed by atoms with E-state index >= 15 is 0 Å². The number of rotatable bonds is 3. The lowest BCUT2D eigenvalue weighted by atomic mass is 9.94. The Balaban J connectivity index is 2.39. The van der Waals surface area contributed by atoms with Gasteiger partial charge in [0.1, 0.15) is 10.7 Å². The molecule has 0 spiro atoms. The van der Waals surface area contributed by atoms with Crippen LogP contribution in [0.3, 0.4) is 0 Å². The van der Waals surface area contributed by atoms with Gasteiger partial charge >= 0.3 is 0 Å². The maximum absolute atomic E-state index is 13.9. The van der Waals surface area contributed by atoms with Gasteiger partial charge in [0.2, 0.25) is 10.0 Å². The Kier molecular flexibility index (Phi) is 4.46. The number of hydrogen-bond donors (Lipinski definition) is 1. The molecule has 0 bridgehead atoms. The molecule has 2 rings (SSSR count). The standard InChI is InChI=1S/C14H21FN2O2S/c1-10-5-11(2)9-17(8-10)20(18,19)14-6-12(7-16)3-4-13(14)15/h3-4,6,10-11H,5,7-9,16H2,1-2H3. The second kappa shape index (κ2) is 5.79. The maximum Gasteiger partial charge on any atom is 0.246 e. The van der Waals surface area contributed by atoms with E-state index in [9.17, 15) is 12.8 Å². The summed E-state index contributed by atoms with van der Waals surface area (Å²) in [6.45, 7) is 5.11. The van der Waals surface area contributed by atoms with Crippen molar-refractivity contribution in [3.05, 3.63) is 29.6 Å². The third-order valence-electron chi connectivity index (χ3n) is 3.68. The molecule has 1 fully saturated rings. The smallest absolute Gasteiger partial charge is 0.246 e. The fraction of sp³-hybridized carbons (Fsp3) is 0.571. The highest BCUT2D eigenvalue weighted by Crippen LogP contribution is 2.28. The van der Waals surface area contributed by atoms with Crippen LogP contribution in [0.5, 0.6) is 0 Å². The zero-order valence-electron chi connectivity index (χ0n) is 11.8. The highest BCUT2D eigenvalue weighted by molar-refractivity contribution is 7.89. The van der Waals surface area contributed by atoms with E-state index in [0.717, 1.165) is 6.42 Å². The number of nitrogens with two attached hydrogens (primary N) is 1. The fourth-order valence-corrected chi connectivity index (χ4v) is 4.61. The van der Waals surface area contributed by atoms with Crippen LogP contribution in [0.15, 0.2) is 23.1 Å². The molecule has 2 atom stereocenters. The van der Waals surface area contributed by atoms with Gasteiger partial charge in [0.25, 0.3) is 0 Å². The van der Waals surface area contributed by atoms with Crippen LogP contribution in [0, 0.1) is 17.7 Å². The minimum atomic E-state index is -3.79. The first-order valence-electron chi connectivity index (χ1n) is 6.83. The van der Waals surface area contributed by atoms with Crippen molar-refractivity contribution in [2.24, 2.45) is 17.6 Å². The van der Waals surface area contributed by atoms with E-state index in [1.54, 1.807) is 0 Å². The summed E-state index contributed by atoms with van der Waals surface area (Å²) in [4.78, 5) is -0.262. The number of halogens is 1. The van der Waals surface area contributed by atoms with Crippen molar-refractivity contribution in [2.45, 2.75) is 31.7 Å². The van der Waals surface area contributed by atoms with Crippen molar-refractivity contribution in [3.63, 3.8) is 0 Å². The van der Waals surface area contributed by atoms with Crippen molar-refractivity contribution >= 4 is 10.0 Å². The molecule has 1 heterocycles. The van der Waals surface area contributed by atoms with E-state index in [2.05, 4.69) is 0 Å². The van der Waals surface area contributed by atoms with Gasteiger partial charge in [0, 0.05) is 19.6 Å². The van der Waals surface area contributed by atoms with E-state index < -0.39 is 15.8 Å². The molecule has 0 radical (unpaired) electrons. The molecule has 1 saturated heterocycles. The number of nitrogens with zero attached hydrogens (tertiary/aromatic N) is 1. The van der Waals surface area contributed by atoms with Gasteiger partial charge < -0.3 is 5.73 Å². The Bertz CT molecular complexity index is 579. The molecule has 1 aliphatic rings. The van der Waals surface area contributed by atoms with Gasteiger partial charge in [-0.05, 0) is 36.0 Å². The molecule has 1 aromatic carbocycles. The molecule has 2 unspecified atom stereocenters. The average molecular weight is 300 g/mol. The number of benzene rings is 1.